The molecule has 3 amide bonds. The van der Waals surface area contributed by atoms with E-state index in [9.17, 15) is 18.0 Å². The molecular weight excluding hydrogens is 260 g/mol. The van der Waals surface area contributed by atoms with Crippen LogP contribution in [0.2, 0.25) is 0 Å². The molecule has 1 heterocycles. The Labute approximate surface area is 94.8 Å². The van der Waals surface area contributed by atoms with Gasteiger partial charge >= 0.3 is 6.03 Å². The molecule has 0 saturated carbocycles. The van der Waals surface area contributed by atoms with E-state index in [4.69, 9.17) is 16.4 Å². The lowest BCUT2D eigenvalue weighted by molar-refractivity contribution is -0.120. The van der Waals surface area contributed by atoms with E-state index in [2.05, 4.69) is 5.10 Å². The first-order chi connectivity index (χ1) is 7.29. The fourth-order valence-corrected chi connectivity index (χ4v) is 1.54. The van der Waals surface area contributed by atoms with Crippen molar-refractivity contribution in [2.24, 2.45) is 5.73 Å². The van der Waals surface area contributed by atoms with Crippen molar-refractivity contribution in [2.75, 3.05) is 0 Å². The standard InChI is InChI=1S/C6H7ClN4O4S/c7-16(14,15)4-1-9-11(2-4)3-5(12)10-6(8)13/h1-2H,3H2,(H3,8,10,12,13). The molecule has 0 aliphatic heterocycles. The molecule has 0 atom stereocenters. The van der Waals surface area contributed by atoms with Gasteiger partial charge in [-0.15, -0.1) is 0 Å². The van der Waals surface area contributed by atoms with E-state index in [1.807, 2.05) is 0 Å². The Morgan fingerprint density at radius 3 is 2.62 bits per heavy atom. The average Bonchev–Trinajstić information content (AvgIpc) is 2.49. The summed E-state index contributed by atoms with van der Waals surface area (Å²) in [5, 5.41) is 5.37. The van der Waals surface area contributed by atoms with Gasteiger partial charge < -0.3 is 5.73 Å². The van der Waals surface area contributed by atoms with Crippen LogP contribution in [0.3, 0.4) is 0 Å². The predicted octanol–water partition coefficient (Wildman–Crippen LogP) is -0.994. The van der Waals surface area contributed by atoms with Gasteiger partial charge in [0.05, 0.1) is 6.20 Å². The second-order valence-corrected chi connectivity index (χ2v) is 5.29. The fraction of sp³-hybridized carbons (Fsp3) is 0.167. The summed E-state index contributed by atoms with van der Waals surface area (Å²) >= 11 is 0. The Morgan fingerprint density at radius 1 is 1.56 bits per heavy atom. The molecule has 0 aliphatic carbocycles. The van der Waals surface area contributed by atoms with Crippen molar-refractivity contribution >= 4 is 31.7 Å². The summed E-state index contributed by atoms with van der Waals surface area (Å²) in [4.78, 5) is 21.1. The number of urea groups is 1. The van der Waals surface area contributed by atoms with Crippen LogP contribution >= 0.6 is 10.7 Å². The quantitative estimate of drug-likeness (QED) is 0.679. The smallest absolute Gasteiger partial charge is 0.318 e. The minimum Gasteiger partial charge on any atom is -0.351 e. The molecular formula is C6H7ClN4O4S. The Hall–Kier alpha value is -1.61. The van der Waals surface area contributed by atoms with Crippen LogP contribution < -0.4 is 11.1 Å². The molecule has 0 aromatic carbocycles. The van der Waals surface area contributed by atoms with Crippen LogP contribution in [-0.4, -0.2) is 30.1 Å². The summed E-state index contributed by atoms with van der Waals surface area (Å²) in [6.45, 7) is -0.338. The maximum atomic E-state index is 11.0. The van der Waals surface area contributed by atoms with Crippen molar-refractivity contribution in [2.45, 2.75) is 11.4 Å². The normalized spacial score (nSPS) is 11.1. The number of rotatable bonds is 3. The number of hydrogen-bond acceptors (Lipinski definition) is 5. The summed E-state index contributed by atoms with van der Waals surface area (Å²) in [5.74, 6) is -0.714. The second kappa shape index (κ2) is 4.49. The highest BCUT2D eigenvalue weighted by molar-refractivity contribution is 8.13. The van der Waals surface area contributed by atoms with Gasteiger partial charge in [-0.2, -0.15) is 5.10 Å². The third-order valence-corrected chi connectivity index (χ3v) is 2.77. The van der Waals surface area contributed by atoms with E-state index in [-0.39, 0.29) is 11.4 Å². The molecule has 3 N–H and O–H groups in total. The van der Waals surface area contributed by atoms with Crippen LogP contribution in [0.25, 0.3) is 0 Å². The lowest BCUT2D eigenvalue weighted by Gasteiger charge is -1.99. The summed E-state index contributed by atoms with van der Waals surface area (Å²) in [7, 11) is 1.16. The highest BCUT2D eigenvalue weighted by atomic mass is 35.7. The van der Waals surface area contributed by atoms with Crippen LogP contribution in [0.4, 0.5) is 4.79 Å². The molecule has 0 unspecified atom stereocenters. The lowest BCUT2D eigenvalue weighted by Crippen LogP contribution is -2.37. The number of carbonyl (C=O) groups excluding carboxylic acids is 2. The van der Waals surface area contributed by atoms with Gasteiger partial charge in [0, 0.05) is 16.9 Å². The number of nitrogens with one attached hydrogen (secondary N) is 1. The largest absolute Gasteiger partial charge is 0.351 e. The minimum atomic E-state index is -3.88. The van der Waals surface area contributed by atoms with Crippen LogP contribution in [-0.2, 0) is 20.4 Å². The van der Waals surface area contributed by atoms with Gasteiger partial charge in [0.1, 0.15) is 11.4 Å². The highest BCUT2D eigenvalue weighted by Crippen LogP contribution is 2.12. The Kier molecular flexibility index (Phi) is 3.50. The fourth-order valence-electron chi connectivity index (χ4n) is 0.881. The second-order valence-electron chi connectivity index (χ2n) is 2.72. The van der Waals surface area contributed by atoms with E-state index < -0.39 is 21.0 Å². The average molecular weight is 267 g/mol. The van der Waals surface area contributed by atoms with Gasteiger partial charge in [-0.05, 0) is 0 Å². The van der Waals surface area contributed by atoms with Gasteiger partial charge in [0.25, 0.3) is 9.05 Å². The number of nitrogens with two attached hydrogens (primary N) is 1. The zero-order chi connectivity index (χ0) is 12.3. The molecule has 0 radical (unpaired) electrons. The molecule has 8 nitrogen and oxygen atoms in total. The summed E-state index contributed by atoms with van der Waals surface area (Å²) in [5.41, 5.74) is 4.70. The minimum absolute atomic E-state index is 0.235. The van der Waals surface area contributed by atoms with E-state index in [0.29, 0.717) is 0 Å². The first-order valence-corrected chi connectivity index (χ1v) is 6.16. The monoisotopic (exact) mass is 266 g/mol. The first-order valence-electron chi connectivity index (χ1n) is 3.85. The maximum Gasteiger partial charge on any atom is 0.318 e. The van der Waals surface area contributed by atoms with Crippen LogP contribution in [0.5, 0.6) is 0 Å². The highest BCUT2D eigenvalue weighted by Gasteiger charge is 2.14. The van der Waals surface area contributed by atoms with Gasteiger partial charge in [-0.1, -0.05) is 0 Å². The van der Waals surface area contributed by atoms with Crippen molar-refractivity contribution < 1.29 is 18.0 Å². The van der Waals surface area contributed by atoms with E-state index in [0.717, 1.165) is 17.1 Å². The Morgan fingerprint density at radius 2 is 2.19 bits per heavy atom. The van der Waals surface area contributed by atoms with E-state index in [1.54, 1.807) is 5.32 Å². The summed E-state index contributed by atoms with van der Waals surface area (Å²) < 4.78 is 22.7. The summed E-state index contributed by atoms with van der Waals surface area (Å²) in [6, 6.07) is -0.998. The van der Waals surface area contributed by atoms with Gasteiger partial charge in [0.15, 0.2) is 0 Å². The van der Waals surface area contributed by atoms with Crippen LogP contribution in [0, 0.1) is 0 Å². The maximum absolute atomic E-state index is 11.0. The number of hydrogen-bond donors (Lipinski definition) is 2. The van der Waals surface area contributed by atoms with Gasteiger partial charge in [0.2, 0.25) is 5.91 Å². The molecule has 1 rings (SSSR count). The molecule has 0 aliphatic rings. The number of amides is 3. The van der Waals surface area contributed by atoms with Crippen molar-refractivity contribution in [3.05, 3.63) is 12.4 Å². The van der Waals surface area contributed by atoms with Crippen molar-refractivity contribution in [1.29, 1.82) is 0 Å². The van der Waals surface area contributed by atoms with Crippen LogP contribution in [0.1, 0.15) is 0 Å². The number of primary amides is 1. The topological polar surface area (TPSA) is 124 Å². The predicted molar refractivity (Wildman–Crippen MR) is 53.0 cm³/mol. The summed E-state index contributed by atoms with van der Waals surface area (Å²) in [6.07, 6.45) is 2.04. The molecule has 1 aromatic heterocycles. The molecule has 0 fully saturated rings. The van der Waals surface area contributed by atoms with Crippen molar-refractivity contribution in [3.63, 3.8) is 0 Å². The molecule has 0 saturated heterocycles. The third-order valence-electron chi connectivity index (χ3n) is 1.46. The molecule has 16 heavy (non-hydrogen) atoms. The zero-order valence-electron chi connectivity index (χ0n) is 7.75. The SMILES string of the molecule is NC(=O)NC(=O)Cn1cc(S(=O)(=O)Cl)cn1. The number of carbonyl (C=O) groups is 2. The van der Waals surface area contributed by atoms with Crippen molar-refractivity contribution in [3.8, 4) is 0 Å². The lowest BCUT2D eigenvalue weighted by atomic mass is 10.6. The number of halogens is 1. The number of nitrogens with zero attached hydrogens (tertiary/aromatic N) is 2. The molecule has 10 heteroatoms. The molecule has 88 valence electrons. The van der Waals surface area contributed by atoms with Crippen LogP contribution in [0.15, 0.2) is 17.3 Å². The number of imide groups is 1. The Balaban J connectivity index is 2.73. The van der Waals surface area contributed by atoms with Gasteiger partial charge in [-0.25, -0.2) is 13.2 Å². The van der Waals surface area contributed by atoms with E-state index in [1.165, 1.54) is 0 Å². The molecule has 0 bridgehead atoms. The zero-order valence-corrected chi connectivity index (χ0v) is 9.33. The van der Waals surface area contributed by atoms with E-state index >= 15 is 0 Å². The van der Waals surface area contributed by atoms with Crippen molar-refractivity contribution in [1.82, 2.24) is 15.1 Å². The molecule has 1 aromatic rings. The first kappa shape index (κ1) is 12.5. The third kappa shape index (κ3) is 3.51. The number of aromatic nitrogens is 2. The molecule has 0 spiro atoms. The Bertz CT molecular complexity index is 522. The van der Waals surface area contributed by atoms with Gasteiger partial charge in [-0.3, -0.25) is 14.8 Å².